The first-order chi connectivity index (χ1) is 9.92. The van der Waals surface area contributed by atoms with E-state index in [0.717, 1.165) is 6.42 Å². The summed E-state index contributed by atoms with van der Waals surface area (Å²) in [6, 6.07) is 2.97. The van der Waals surface area contributed by atoms with Crippen LogP contribution in [0.1, 0.15) is 26.7 Å². The third-order valence-electron chi connectivity index (χ3n) is 3.40. The standard InChI is InChI=1S/C14H17ClFN3OS/c1-3-8(2)17-13(20)4-5-19-12-7-10(16)9(15)6-11(12)18-14(19)21/h6-8H,3-5H2,1-2H3,(H,17,20)(H,18,21). The first kappa shape index (κ1) is 16.0. The predicted octanol–water partition coefficient (Wildman–Crippen LogP) is 3.80. The summed E-state index contributed by atoms with van der Waals surface area (Å²) in [4.78, 5) is 14.8. The molecule has 1 heterocycles. The lowest BCUT2D eigenvalue weighted by Gasteiger charge is -2.11. The average molecular weight is 330 g/mol. The Morgan fingerprint density at radius 3 is 2.95 bits per heavy atom. The van der Waals surface area contributed by atoms with Crippen LogP contribution < -0.4 is 5.32 Å². The number of hydrogen-bond acceptors (Lipinski definition) is 2. The minimum absolute atomic E-state index is 0.0420. The van der Waals surface area contributed by atoms with E-state index >= 15 is 0 Å². The molecule has 1 aromatic heterocycles. The molecule has 1 amide bonds. The Bertz CT molecular complexity index is 725. The minimum atomic E-state index is -0.504. The Morgan fingerprint density at radius 1 is 1.57 bits per heavy atom. The van der Waals surface area contributed by atoms with Crippen molar-refractivity contribution >= 4 is 40.8 Å². The van der Waals surface area contributed by atoms with Gasteiger partial charge in [0.25, 0.3) is 0 Å². The van der Waals surface area contributed by atoms with E-state index in [9.17, 15) is 9.18 Å². The van der Waals surface area contributed by atoms with Gasteiger partial charge in [0.05, 0.1) is 16.1 Å². The van der Waals surface area contributed by atoms with Crippen molar-refractivity contribution in [3.63, 3.8) is 0 Å². The molecule has 0 fully saturated rings. The molecule has 0 saturated carbocycles. The number of H-pyrrole nitrogens is 1. The van der Waals surface area contributed by atoms with Crippen molar-refractivity contribution in [2.24, 2.45) is 0 Å². The van der Waals surface area contributed by atoms with Crippen LogP contribution in [0.25, 0.3) is 11.0 Å². The van der Waals surface area contributed by atoms with Gasteiger partial charge in [-0.2, -0.15) is 0 Å². The maximum atomic E-state index is 13.6. The highest BCUT2D eigenvalue weighted by Crippen LogP contribution is 2.22. The summed E-state index contributed by atoms with van der Waals surface area (Å²) in [6.45, 7) is 4.35. The number of nitrogens with one attached hydrogen (secondary N) is 2. The Balaban J connectivity index is 2.19. The molecule has 21 heavy (non-hydrogen) atoms. The quantitative estimate of drug-likeness (QED) is 0.820. The molecular weight excluding hydrogens is 313 g/mol. The summed E-state index contributed by atoms with van der Waals surface area (Å²) in [5.41, 5.74) is 1.27. The molecule has 114 valence electrons. The summed E-state index contributed by atoms with van der Waals surface area (Å²) in [6.07, 6.45) is 1.16. The molecule has 0 saturated heterocycles. The number of amides is 1. The molecule has 0 aliphatic rings. The first-order valence-electron chi connectivity index (χ1n) is 6.79. The summed E-state index contributed by atoms with van der Waals surface area (Å²) < 4.78 is 15.7. The molecule has 0 aliphatic heterocycles. The van der Waals surface area contributed by atoms with E-state index in [1.807, 2.05) is 13.8 Å². The second-order valence-electron chi connectivity index (χ2n) is 4.99. The number of rotatable bonds is 5. The van der Waals surface area contributed by atoms with Gasteiger partial charge < -0.3 is 14.9 Å². The molecule has 0 aliphatic carbocycles. The lowest BCUT2D eigenvalue weighted by Crippen LogP contribution is -2.32. The topological polar surface area (TPSA) is 49.8 Å². The molecule has 0 bridgehead atoms. The van der Waals surface area contributed by atoms with Gasteiger partial charge in [0, 0.05) is 25.1 Å². The van der Waals surface area contributed by atoms with Crippen molar-refractivity contribution in [2.75, 3.05) is 0 Å². The fourth-order valence-electron chi connectivity index (χ4n) is 2.04. The third kappa shape index (κ3) is 3.63. The van der Waals surface area contributed by atoms with Crippen LogP contribution in [0.3, 0.4) is 0 Å². The fourth-order valence-corrected chi connectivity index (χ4v) is 2.50. The van der Waals surface area contributed by atoms with Crippen molar-refractivity contribution in [1.29, 1.82) is 0 Å². The van der Waals surface area contributed by atoms with Crippen LogP contribution in [0.15, 0.2) is 12.1 Å². The Labute approximate surface area is 132 Å². The van der Waals surface area contributed by atoms with E-state index in [0.29, 0.717) is 22.3 Å². The summed E-state index contributed by atoms with van der Waals surface area (Å²) >= 11 is 11.0. The monoisotopic (exact) mass is 329 g/mol. The second kappa shape index (κ2) is 6.58. The van der Waals surface area contributed by atoms with Gasteiger partial charge in [0.15, 0.2) is 4.77 Å². The van der Waals surface area contributed by atoms with Gasteiger partial charge in [-0.25, -0.2) is 4.39 Å². The van der Waals surface area contributed by atoms with Gasteiger partial charge in [-0.3, -0.25) is 4.79 Å². The van der Waals surface area contributed by atoms with Crippen molar-refractivity contribution in [3.8, 4) is 0 Å². The number of carbonyl (C=O) groups is 1. The molecule has 0 spiro atoms. The van der Waals surface area contributed by atoms with Gasteiger partial charge in [-0.05, 0) is 31.6 Å². The van der Waals surface area contributed by atoms with E-state index in [1.165, 1.54) is 12.1 Å². The van der Waals surface area contributed by atoms with Gasteiger partial charge >= 0.3 is 0 Å². The SMILES string of the molecule is CCC(C)NC(=O)CCn1c(=S)[nH]c2cc(Cl)c(F)cc21. The maximum Gasteiger partial charge on any atom is 0.222 e. The summed E-state index contributed by atoms with van der Waals surface area (Å²) in [7, 11) is 0. The summed E-state index contributed by atoms with van der Waals surface area (Å²) in [5.74, 6) is -0.550. The van der Waals surface area contributed by atoms with E-state index in [-0.39, 0.29) is 23.4 Å². The largest absolute Gasteiger partial charge is 0.354 e. The number of fused-ring (bicyclic) bond motifs is 1. The van der Waals surface area contributed by atoms with Gasteiger partial charge in [0.2, 0.25) is 5.91 Å². The molecule has 7 heteroatoms. The Hall–Kier alpha value is -1.40. The second-order valence-corrected chi connectivity index (χ2v) is 5.79. The smallest absolute Gasteiger partial charge is 0.222 e. The molecule has 1 aromatic carbocycles. The van der Waals surface area contributed by atoms with Crippen LogP contribution in [0.4, 0.5) is 4.39 Å². The molecule has 1 unspecified atom stereocenters. The molecule has 2 N–H and O–H groups in total. The van der Waals surface area contributed by atoms with E-state index in [2.05, 4.69) is 10.3 Å². The Kier molecular flexibility index (Phi) is 5.00. The first-order valence-corrected chi connectivity index (χ1v) is 7.58. The number of benzene rings is 1. The Morgan fingerprint density at radius 2 is 2.29 bits per heavy atom. The predicted molar refractivity (Wildman–Crippen MR) is 84.6 cm³/mol. The van der Waals surface area contributed by atoms with Crippen LogP contribution in [0.2, 0.25) is 5.02 Å². The van der Waals surface area contributed by atoms with E-state index in [4.69, 9.17) is 23.8 Å². The highest BCUT2D eigenvalue weighted by molar-refractivity contribution is 7.71. The van der Waals surface area contributed by atoms with E-state index in [1.54, 1.807) is 4.57 Å². The van der Waals surface area contributed by atoms with Crippen LogP contribution in [-0.4, -0.2) is 21.5 Å². The number of imidazole rings is 1. The lowest BCUT2D eigenvalue weighted by molar-refractivity contribution is -0.121. The van der Waals surface area contributed by atoms with Gasteiger partial charge in [-0.1, -0.05) is 18.5 Å². The van der Waals surface area contributed by atoms with Crippen molar-refractivity contribution in [3.05, 3.63) is 27.7 Å². The normalized spacial score (nSPS) is 12.6. The zero-order valence-corrected chi connectivity index (χ0v) is 13.4. The van der Waals surface area contributed by atoms with E-state index < -0.39 is 5.82 Å². The molecular formula is C14H17ClFN3OS. The number of aromatic amines is 1. The van der Waals surface area contributed by atoms with Crippen LogP contribution >= 0.6 is 23.8 Å². The number of aromatic nitrogens is 2. The fraction of sp³-hybridized carbons (Fsp3) is 0.429. The zero-order chi connectivity index (χ0) is 15.6. The molecule has 2 rings (SSSR count). The number of aryl methyl sites for hydroxylation is 1. The highest BCUT2D eigenvalue weighted by atomic mass is 35.5. The molecule has 0 radical (unpaired) electrons. The highest BCUT2D eigenvalue weighted by Gasteiger charge is 2.11. The van der Waals surface area contributed by atoms with Crippen LogP contribution in [0.5, 0.6) is 0 Å². The minimum Gasteiger partial charge on any atom is -0.354 e. The van der Waals surface area contributed by atoms with Gasteiger partial charge in [0.1, 0.15) is 5.82 Å². The van der Waals surface area contributed by atoms with Gasteiger partial charge in [-0.15, -0.1) is 0 Å². The summed E-state index contributed by atoms with van der Waals surface area (Å²) in [5, 5.41) is 2.93. The molecule has 1 atom stereocenters. The number of halogens is 2. The molecule has 4 nitrogen and oxygen atoms in total. The third-order valence-corrected chi connectivity index (χ3v) is 4.01. The van der Waals surface area contributed by atoms with Crippen molar-refractivity contribution < 1.29 is 9.18 Å². The van der Waals surface area contributed by atoms with Crippen molar-refractivity contribution in [1.82, 2.24) is 14.9 Å². The number of hydrogen-bond donors (Lipinski definition) is 2. The zero-order valence-electron chi connectivity index (χ0n) is 11.9. The number of carbonyl (C=O) groups excluding carboxylic acids is 1. The maximum absolute atomic E-state index is 13.6. The molecule has 2 aromatic rings. The average Bonchev–Trinajstić information content (AvgIpc) is 2.72. The van der Waals surface area contributed by atoms with Crippen LogP contribution in [0, 0.1) is 10.6 Å². The van der Waals surface area contributed by atoms with Crippen molar-refractivity contribution in [2.45, 2.75) is 39.3 Å². The van der Waals surface area contributed by atoms with Crippen LogP contribution in [-0.2, 0) is 11.3 Å². The lowest BCUT2D eigenvalue weighted by atomic mass is 10.2. The number of nitrogens with zero attached hydrogens (tertiary/aromatic N) is 1.